The summed E-state index contributed by atoms with van der Waals surface area (Å²) in [7, 11) is -3.47. The van der Waals surface area contributed by atoms with Crippen molar-refractivity contribution in [3.05, 3.63) is 18.3 Å². The van der Waals surface area contributed by atoms with E-state index in [9.17, 15) is 8.42 Å². The highest BCUT2D eigenvalue weighted by Crippen LogP contribution is 2.28. The molecule has 6 heteroatoms. The van der Waals surface area contributed by atoms with Crippen LogP contribution in [0.3, 0.4) is 0 Å². The summed E-state index contributed by atoms with van der Waals surface area (Å²) < 4.78 is 27.8. The van der Waals surface area contributed by atoms with E-state index in [-0.39, 0.29) is 10.9 Å². The molecule has 2 rings (SSSR count). The summed E-state index contributed by atoms with van der Waals surface area (Å²) in [5.41, 5.74) is 0. The zero-order valence-corrected chi connectivity index (χ0v) is 13.6. The van der Waals surface area contributed by atoms with Gasteiger partial charge >= 0.3 is 0 Å². The molecule has 5 nitrogen and oxygen atoms in total. The van der Waals surface area contributed by atoms with Gasteiger partial charge in [-0.15, -0.1) is 0 Å². The van der Waals surface area contributed by atoms with Gasteiger partial charge in [-0.2, -0.15) is 0 Å². The summed E-state index contributed by atoms with van der Waals surface area (Å²) in [5.74, 6) is 1.14. The van der Waals surface area contributed by atoms with E-state index < -0.39 is 10.0 Å². The largest absolute Gasteiger partial charge is 0.370 e. The minimum atomic E-state index is -3.47. The molecule has 118 valence electrons. The molecular formula is C15H25N3O2S. The molecule has 1 aromatic rings. The fourth-order valence-electron chi connectivity index (χ4n) is 2.94. The number of nitrogens with zero attached hydrogens (tertiary/aromatic N) is 1. The second-order valence-electron chi connectivity index (χ2n) is 5.59. The van der Waals surface area contributed by atoms with Crippen molar-refractivity contribution in [3.63, 3.8) is 0 Å². The molecular weight excluding hydrogens is 286 g/mol. The second-order valence-corrected chi connectivity index (χ2v) is 7.30. The van der Waals surface area contributed by atoms with Crippen LogP contribution in [0, 0.1) is 5.92 Å². The predicted molar refractivity (Wildman–Crippen MR) is 84.8 cm³/mol. The van der Waals surface area contributed by atoms with Crippen molar-refractivity contribution in [1.82, 2.24) is 9.71 Å². The Morgan fingerprint density at radius 2 is 2.00 bits per heavy atom. The Kier molecular flexibility index (Phi) is 5.58. The monoisotopic (exact) mass is 311 g/mol. The maximum Gasteiger partial charge on any atom is 0.242 e. The molecule has 0 saturated heterocycles. The molecule has 0 spiro atoms. The Bertz CT molecular complexity index is 543. The molecule has 2 N–H and O–H groups in total. The van der Waals surface area contributed by atoms with Crippen LogP contribution in [0.15, 0.2) is 23.2 Å². The van der Waals surface area contributed by atoms with Crippen molar-refractivity contribution in [2.24, 2.45) is 5.92 Å². The van der Waals surface area contributed by atoms with E-state index in [1.54, 1.807) is 12.1 Å². The standard InChI is InChI=1S/C15H25N3O2S/c1-3-12-7-5-6-8-14(12)18-21(19,20)13-9-10-15(16-4-2)17-11-13/h9-12,14,18H,3-8H2,1-2H3,(H,16,17). The number of aromatic nitrogens is 1. The van der Waals surface area contributed by atoms with Gasteiger partial charge in [-0.25, -0.2) is 18.1 Å². The molecule has 2 atom stereocenters. The lowest BCUT2D eigenvalue weighted by molar-refractivity contribution is 0.282. The molecule has 2 unspecified atom stereocenters. The average Bonchev–Trinajstić information content (AvgIpc) is 2.48. The summed E-state index contributed by atoms with van der Waals surface area (Å²) in [6.07, 6.45) is 6.79. The van der Waals surface area contributed by atoms with Gasteiger partial charge in [0.25, 0.3) is 0 Å². The van der Waals surface area contributed by atoms with E-state index in [0.717, 1.165) is 32.2 Å². The molecule has 1 fully saturated rings. The highest BCUT2D eigenvalue weighted by molar-refractivity contribution is 7.89. The first kappa shape index (κ1) is 16.2. The second kappa shape index (κ2) is 7.22. The van der Waals surface area contributed by atoms with Crippen LogP contribution in [0.25, 0.3) is 0 Å². The number of sulfonamides is 1. The zero-order valence-electron chi connectivity index (χ0n) is 12.8. The van der Waals surface area contributed by atoms with Crippen molar-refractivity contribution in [2.45, 2.75) is 56.9 Å². The van der Waals surface area contributed by atoms with Crippen molar-refractivity contribution >= 4 is 15.8 Å². The number of pyridine rings is 1. The SMILES string of the molecule is CCNc1ccc(S(=O)(=O)NC2CCCCC2CC)cn1. The summed E-state index contributed by atoms with van der Waals surface area (Å²) >= 11 is 0. The molecule has 1 aliphatic carbocycles. The molecule has 0 radical (unpaired) electrons. The molecule has 1 saturated carbocycles. The number of rotatable bonds is 6. The van der Waals surface area contributed by atoms with Gasteiger partial charge < -0.3 is 5.32 Å². The summed E-state index contributed by atoms with van der Waals surface area (Å²) in [6, 6.07) is 3.37. The Morgan fingerprint density at radius 3 is 2.62 bits per heavy atom. The molecule has 0 bridgehead atoms. The highest BCUT2D eigenvalue weighted by Gasteiger charge is 2.28. The van der Waals surface area contributed by atoms with Crippen molar-refractivity contribution < 1.29 is 8.42 Å². The van der Waals surface area contributed by atoms with Crippen LogP contribution < -0.4 is 10.0 Å². The van der Waals surface area contributed by atoms with Gasteiger partial charge in [-0.3, -0.25) is 0 Å². The third-order valence-electron chi connectivity index (χ3n) is 4.14. The topological polar surface area (TPSA) is 71.1 Å². The van der Waals surface area contributed by atoms with Crippen LogP contribution in [0.2, 0.25) is 0 Å². The highest BCUT2D eigenvalue weighted by atomic mass is 32.2. The van der Waals surface area contributed by atoms with Crippen LogP contribution in [0.5, 0.6) is 0 Å². The van der Waals surface area contributed by atoms with Crippen LogP contribution >= 0.6 is 0 Å². The molecule has 1 aliphatic rings. The Balaban J connectivity index is 2.10. The summed E-state index contributed by atoms with van der Waals surface area (Å²) in [4.78, 5) is 4.38. The average molecular weight is 311 g/mol. The molecule has 0 aliphatic heterocycles. The lowest BCUT2D eigenvalue weighted by Gasteiger charge is -2.31. The van der Waals surface area contributed by atoms with Gasteiger partial charge in [0, 0.05) is 18.8 Å². The van der Waals surface area contributed by atoms with Crippen LogP contribution in [0.1, 0.15) is 46.0 Å². The van der Waals surface area contributed by atoms with E-state index in [2.05, 4.69) is 21.9 Å². The molecule has 21 heavy (non-hydrogen) atoms. The first-order chi connectivity index (χ1) is 10.1. The summed E-state index contributed by atoms with van der Waals surface area (Å²) in [6.45, 7) is 4.86. The van der Waals surface area contributed by atoms with Crippen LogP contribution in [-0.4, -0.2) is 26.0 Å². The maximum absolute atomic E-state index is 12.5. The first-order valence-electron chi connectivity index (χ1n) is 7.79. The van der Waals surface area contributed by atoms with E-state index in [4.69, 9.17) is 0 Å². The minimum absolute atomic E-state index is 0.0576. The van der Waals surface area contributed by atoms with Gasteiger partial charge in [0.1, 0.15) is 10.7 Å². The summed E-state index contributed by atoms with van der Waals surface area (Å²) in [5, 5.41) is 3.06. The maximum atomic E-state index is 12.5. The molecule has 1 aromatic heterocycles. The van der Waals surface area contributed by atoms with Crippen molar-refractivity contribution in [2.75, 3.05) is 11.9 Å². The normalized spacial score (nSPS) is 23.0. The number of hydrogen-bond donors (Lipinski definition) is 2. The van der Waals surface area contributed by atoms with Gasteiger partial charge in [0.15, 0.2) is 0 Å². The van der Waals surface area contributed by atoms with Gasteiger partial charge in [-0.1, -0.05) is 26.2 Å². The quantitative estimate of drug-likeness (QED) is 0.847. The lowest BCUT2D eigenvalue weighted by Crippen LogP contribution is -2.41. The fourth-order valence-corrected chi connectivity index (χ4v) is 4.23. The van der Waals surface area contributed by atoms with Crippen LogP contribution in [0.4, 0.5) is 5.82 Å². The predicted octanol–water partition coefficient (Wildman–Crippen LogP) is 2.76. The molecule has 0 aromatic carbocycles. The van der Waals surface area contributed by atoms with Gasteiger partial charge in [0.2, 0.25) is 10.0 Å². The number of anilines is 1. The van der Waals surface area contributed by atoms with E-state index in [0.29, 0.717) is 11.7 Å². The van der Waals surface area contributed by atoms with E-state index in [1.165, 1.54) is 12.6 Å². The molecule has 1 heterocycles. The number of nitrogens with one attached hydrogen (secondary N) is 2. The van der Waals surface area contributed by atoms with Gasteiger partial charge in [0.05, 0.1) is 0 Å². The lowest BCUT2D eigenvalue weighted by atomic mass is 9.83. The fraction of sp³-hybridized carbons (Fsp3) is 0.667. The Morgan fingerprint density at radius 1 is 1.24 bits per heavy atom. The Hall–Kier alpha value is -1.14. The van der Waals surface area contributed by atoms with Crippen molar-refractivity contribution in [3.8, 4) is 0 Å². The zero-order chi connectivity index (χ0) is 15.3. The molecule has 0 amide bonds. The third kappa shape index (κ3) is 4.17. The number of hydrogen-bond acceptors (Lipinski definition) is 4. The third-order valence-corrected chi connectivity index (χ3v) is 5.62. The first-order valence-corrected chi connectivity index (χ1v) is 9.27. The minimum Gasteiger partial charge on any atom is -0.370 e. The van der Waals surface area contributed by atoms with Gasteiger partial charge in [-0.05, 0) is 37.8 Å². The smallest absolute Gasteiger partial charge is 0.242 e. The van der Waals surface area contributed by atoms with E-state index in [1.807, 2.05) is 6.92 Å². The van der Waals surface area contributed by atoms with E-state index >= 15 is 0 Å². The van der Waals surface area contributed by atoms with Crippen LogP contribution in [-0.2, 0) is 10.0 Å². The Labute approximate surface area is 127 Å². The van der Waals surface area contributed by atoms with Crippen molar-refractivity contribution in [1.29, 1.82) is 0 Å².